The second kappa shape index (κ2) is 6.08. The van der Waals surface area contributed by atoms with E-state index in [1.165, 1.54) is 16.9 Å². The number of hydrogen-bond acceptors (Lipinski definition) is 6. The molecule has 0 saturated heterocycles. The number of anilines is 1. The third-order valence-electron chi connectivity index (χ3n) is 4.92. The van der Waals surface area contributed by atoms with Gasteiger partial charge in [0.05, 0.1) is 29.9 Å². The Morgan fingerprint density at radius 3 is 2.61 bits per heavy atom. The number of carbonyl (C=O) groups excluding carboxylic acids is 2. The molecule has 9 nitrogen and oxygen atoms in total. The third kappa shape index (κ3) is 2.19. The molecule has 3 heterocycles. The topological polar surface area (TPSA) is 131 Å². The highest BCUT2D eigenvalue weighted by Crippen LogP contribution is 2.37. The van der Waals surface area contributed by atoms with Gasteiger partial charge in [-0.05, 0) is 25.5 Å². The van der Waals surface area contributed by atoms with Crippen LogP contribution in [0.4, 0.5) is 5.82 Å². The van der Waals surface area contributed by atoms with Crippen LogP contribution in [0.5, 0.6) is 5.75 Å². The zero-order valence-electron chi connectivity index (χ0n) is 15.6. The fraction of sp³-hybridized carbons (Fsp3) is 0.158. The Balaban J connectivity index is 2.22. The number of benzene rings is 1. The van der Waals surface area contributed by atoms with Crippen LogP contribution in [0.15, 0.2) is 24.7 Å². The van der Waals surface area contributed by atoms with Crippen LogP contribution < -0.4 is 16.2 Å². The molecule has 1 aromatic carbocycles. The van der Waals surface area contributed by atoms with Crippen LogP contribution >= 0.6 is 0 Å². The number of hydrogen-bond donors (Lipinski definition) is 2. The van der Waals surface area contributed by atoms with Gasteiger partial charge in [0.1, 0.15) is 23.6 Å². The number of nitrogens with two attached hydrogens (primary N) is 2. The van der Waals surface area contributed by atoms with Crippen molar-refractivity contribution in [3.8, 4) is 11.4 Å². The van der Waals surface area contributed by atoms with Gasteiger partial charge in [-0.2, -0.15) is 0 Å². The Kier molecular flexibility index (Phi) is 3.81. The van der Waals surface area contributed by atoms with Crippen LogP contribution in [0, 0.1) is 13.8 Å². The maximum absolute atomic E-state index is 12.3. The molecule has 3 aromatic heterocycles. The number of imidazole rings is 1. The standard InChI is InChI=1S/C19H18N6O3/c1-9-4-5-12(28-3)10(2)15(9)25-16(20)13(17(21)27)14-18-22-6-11(7-26)24(18)8-23-19(14)25/h4-8H,20H2,1-3H3,(H2,21,27). The number of primary amides is 1. The summed E-state index contributed by atoms with van der Waals surface area (Å²) < 4.78 is 8.61. The fourth-order valence-electron chi connectivity index (χ4n) is 3.65. The molecule has 4 rings (SSSR count). The van der Waals surface area contributed by atoms with E-state index in [2.05, 4.69) is 9.97 Å². The van der Waals surface area contributed by atoms with E-state index in [1.54, 1.807) is 11.7 Å². The molecule has 0 radical (unpaired) electrons. The number of methoxy groups -OCH3 is 1. The summed E-state index contributed by atoms with van der Waals surface area (Å²) in [7, 11) is 1.58. The second-order valence-corrected chi connectivity index (χ2v) is 6.46. The number of rotatable bonds is 4. The van der Waals surface area contributed by atoms with E-state index < -0.39 is 5.91 Å². The summed E-state index contributed by atoms with van der Waals surface area (Å²) in [5.74, 6) is 0.121. The molecule has 1 amide bonds. The van der Waals surface area contributed by atoms with Gasteiger partial charge in [-0.15, -0.1) is 0 Å². The first kappa shape index (κ1) is 17.5. The normalized spacial score (nSPS) is 11.2. The lowest BCUT2D eigenvalue weighted by Crippen LogP contribution is -2.14. The largest absolute Gasteiger partial charge is 0.496 e. The van der Waals surface area contributed by atoms with E-state index in [1.807, 2.05) is 26.0 Å². The molecule has 0 aliphatic carbocycles. The van der Waals surface area contributed by atoms with Crippen LogP contribution in [0.2, 0.25) is 0 Å². The minimum atomic E-state index is -0.704. The molecule has 28 heavy (non-hydrogen) atoms. The monoisotopic (exact) mass is 378 g/mol. The highest BCUT2D eigenvalue weighted by Gasteiger charge is 2.26. The first-order chi connectivity index (χ1) is 13.4. The minimum absolute atomic E-state index is 0.109. The fourth-order valence-corrected chi connectivity index (χ4v) is 3.65. The summed E-state index contributed by atoms with van der Waals surface area (Å²) in [6.07, 6.45) is 3.54. The Hall–Kier alpha value is -3.88. The van der Waals surface area contributed by atoms with Crippen molar-refractivity contribution in [3.05, 3.63) is 47.0 Å². The van der Waals surface area contributed by atoms with Crippen molar-refractivity contribution in [2.24, 2.45) is 5.73 Å². The van der Waals surface area contributed by atoms with Crippen LogP contribution in [0.1, 0.15) is 32.0 Å². The molecule has 9 heteroatoms. The maximum Gasteiger partial charge on any atom is 0.253 e. The van der Waals surface area contributed by atoms with Crippen molar-refractivity contribution in [2.45, 2.75) is 13.8 Å². The van der Waals surface area contributed by atoms with Gasteiger partial charge in [0, 0.05) is 5.56 Å². The van der Waals surface area contributed by atoms with Gasteiger partial charge in [0.2, 0.25) is 0 Å². The van der Waals surface area contributed by atoms with Crippen molar-refractivity contribution in [2.75, 3.05) is 12.8 Å². The predicted molar refractivity (Wildman–Crippen MR) is 104 cm³/mol. The first-order valence-electron chi connectivity index (χ1n) is 8.46. The zero-order chi connectivity index (χ0) is 20.2. The molecule has 0 fully saturated rings. The lowest BCUT2D eigenvalue weighted by molar-refractivity contribution is 0.100. The van der Waals surface area contributed by atoms with Crippen molar-refractivity contribution in [1.29, 1.82) is 0 Å². The SMILES string of the molecule is COc1ccc(C)c(-n2c(N)c(C(N)=O)c3c2ncn2c(C=O)cnc32)c1C. The Morgan fingerprint density at radius 1 is 1.21 bits per heavy atom. The summed E-state index contributed by atoms with van der Waals surface area (Å²) in [5.41, 5.74) is 15.7. The number of aryl methyl sites for hydroxylation is 1. The van der Waals surface area contributed by atoms with Gasteiger partial charge in [0.25, 0.3) is 5.91 Å². The molecule has 4 aromatic rings. The lowest BCUT2D eigenvalue weighted by Gasteiger charge is -2.16. The van der Waals surface area contributed by atoms with Crippen LogP contribution in [-0.2, 0) is 0 Å². The van der Waals surface area contributed by atoms with Crippen molar-refractivity contribution >= 4 is 34.7 Å². The summed E-state index contributed by atoms with van der Waals surface area (Å²) in [6, 6.07) is 3.76. The van der Waals surface area contributed by atoms with Gasteiger partial charge >= 0.3 is 0 Å². The Bertz CT molecular complexity index is 1280. The van der Waals surface area contributed by atoms with Gasteiger partial charge in [-0.25, -0.2) is 9.97 Å². The van der Waals surface area contributed by atoms with Crippen molar-refractivity contribution in [3.63, 3.8) is 0 Å². The van der Waals surface area contributed by atoms with Gasteiger partial charge in [0.15, 0.2) is 17.6 Å². The van der Waals surface area contributed by atoms with Gasteiger partial charge < -0.3 is 16.2 Å². The number of nitrogen functional groups attached to an aromatic ring is 1. The molecule has 142 valence electrons. The smallest absolute Gasteiger partial charge is 0.253 e. The first-order valence-corrected chi connectivity index (χ1v) is 8.46. The number of aromatic nitrogens is 4. The minimum Gasteiger partial charge on any atom is -0.496 e. The number of ether oxygens (including phenoxy) is 1. The number of nitrogens with zero attached hydrogens (tertiary/aromatic N) is 4. The molecule has 0 aliphatic heterocycles. The maximum atomic E-state index is 12.3. The average Bonchev–Trinajstić information content (AvgIpc) is 3.20. The molecule has 0 saturated carbocycles. The summed E-state index contributed by atoms with van der Waals surface area (Å²) in [4.78, 5) is 32.3. The number of aldehydes is 1. The van der Waals surface area contributed by atoms with Gasteiger partial charge in [-0.3, -0.25) is 18.6 Å². The summed E-state index contributed by atoms with van der Waals surface area (Å²) in [5, 5.41) is 0.391. The van der Waals surface area contributed by atoms with E-state index in [0.29, 0.717) is 34.4 Å². The van der Waals surface area contributed by atoms with E-state index in [-0.39, 0.29) is 11.4 Å². The number of fused-ring (bicyclic) bond motifs is 3. The number of amides is 1. The second-order valence-electron chi connectivity index (χ2n) is 6.46. The molecule has 4 N–H and O–H groups in total. The lowest BCUT2D eigenvalue weighted by atomic mass is 10.1. The Morgan fingerprint density at radius 2 is 1.96 bits per heavy atom. The van der Waals surface area contributed by atoms with Crippen LogP contribution in [0.25, 0.3) is 22.4 Å². The van der Waals surface area contributed by atoms with Crippen LogP contribution in [0.3, 0.4) is 0 Å². The molecule has 0 atom stereocenters. The Labute approximate surface area is 159 Å². The molecular formula is C19H18N6O3. The zero-order valence-corrected chi connectivity index (χ0v) is 15.6. The van der Waals surface area contributed by atoms with E-state index in [4.69, 9.17) is 16.2 Å². The number of carbonyl (C=O) groups is 2. The summed E-state index contributed by atoms with van der Waals surface area (Å²) in [6.45, 7) is 3.82. The average molecular weight is 378 g/mol. The van der Waals surface area contributed by atoms with Gasteiger partial charge in [-0.1, -0.05) is 6.07 Å². The molecule has 0 spiro atoms. The highest BCUT2D eigenvalue weighted by atomic mass is 16.5. The van der Waals surface area contributed by atoms with E-state index >= 15 is 0 Å². The van der Waals surface area contributed by atoms with E-state index in [9.17, 15) is 9.59 Å². The highest BCUT2D eigenvalue weighted by molar-refractivity contribution is 6.15. The third-order valence-corrected chi connectivity index (χ3v) is 4.92. The quantitative estimate of drug-likeness (QED) is 0.521. The van der Waals surface area contributed by atoms with Crippen LogP contribution in [-0.4, -0.2) is 38.2 Å². The molecular weight excluding hydrogens is 360 g/mol. The van der Waals surface area contributed by atoms with E-state index in [0.717, 1.165) is 16.8 Å². The molecule has 0 unspecified atom stereocenters. The predicted octanol–water partition coefficient (Wildman–Crippen LogP) is 1.79. The molecule has 0 bridgehead atoms. The summed E-state index contributed by atoms with van der Waals surface area (Å²) >= 11 is 0. The van der Waals surface area contributed by atoms with Crippen molar-refractivity contribution < 1.29 is 14.3 Å². The molecule has 0 aliphatic rings. The van der Waals surface area contributed by atoms with Crippen molar-refractivity contribution in [1.82, 2.24) is 18.9 Å².